The second-order valence-corrected chi connectivity index (χ2v) is 4.26. The number of anilines is 2. The average Bonchev–Trinajstić information content (AvgIpc) is 2.23. The average molecular weight is 257 g/mol. The van der Waals surface area contributed by atoms with Gasteiger partial charge in [0, 0.05) is 11.0 Å². The number of rotatable bonds is 1. The van der Waals surface area contributed by atoms with Gasteiger partial charge in [-0.3, -0.25) is 9.90 Å². The van der Waals surface area contributed by atoms with Crippen LogP contribution in [0, 0.1) is 0 Å². The minimum absolute atomic E-state index is 0.759. The van der Waals surface area contributed by atoms with Crippen molar-refractivity contribution in [3.63, 3.8) is 0 Å². The highest BCUT2D eigenvalue weighted by atomic mass is 79.9. The van der Waals surface area contributed by atoms with Crippen LogP contribution in [-0.4, -0.2) is 13.2 Å². The van der Waals surface area contributed by atoms with Gasteiger partial charge in [-0.15, -0.1) is 0 Å². The molecule has 1 saturated heterocycles. The van der Waals surface area contributed by atoms with E-state index >= 15 is 0 Å². The summed E-state index contributed by atoms with van der Waals surface area (Å²) in [4.78, 5) is 5.53. The van der Waals surface area contributed by atoms with Crippen LogP contribution in [0.5, 0.6) is 0 Å². The van der Waals surface area contributed by atoms with Crippen LogP contribution in [0.4, 0.5) is 11.4 Å². The molecule has 0 spiro atoms. The van der Waals surface area contributed by atoms with Crippen molar-refractivity contribution in [3.05, 3.63) is 22.7 Å². The molecule has 0 bridgehead atoms. The molecule has 4 heteroatoms. The highest BCUT2D eigenvalue weighted by Gasteiger charge is 2.14. The van der Waals surface area contributed by atoms with E-state index in [1.807, 2.05) is 23.3 Å². The predicted octanol–water partition coefficient (Wildman–Crippen LogP) is 2.56. The van der Waals surface area contributed by atoms with E-state index in [1.54, 1.807) is 0 Å². The largest absolute Gasteiger partial charge is 0.397 e. The van der Waals surface area contributed by atoms with E-state index in [9.17, 15) is 0 Å². The van der Waals surface area contributed by atoms with Gasteiger partial charge in [-0.25, -0.2) is 0 Å². The molecule has 1 heterocycles. The smallest absolute Gasteiger partial charge is 0.0877 e. The lowest BCUT2D eigenvalue weighted by molar-refractivity contribution is 0.0781. The predicted molar refractivity (Wildman–Crippen MR) is 61.1 cm³/mol. The van der Waals surface area contributed by atoms with Crippen molar-refractivity contribution in [3.8, 4) is 0 Å². The van der Waals surface area contributed by atoms with Crippen LogP contribution in [0.15, 0.2) is 22.7 Å². The molecule has 3 nitrogen and oxygen atoms in total. The Balaban J connectivity index is 2.24. The molecule has 0 atom stereocenters. The fourth-order valence-electron chi connectivity index (χ4n) is 1.52. The zero-order valence-corrected chi connectivity index (χ0v) is 9.46. The first-order valence-electron chi connectivity index (χ1n) is 4.73. The summed E-state index contributed by atoms with van der Waals surface area (Å²) in [6.45, 7) is 1.70. The summed E-state index contributed by atoms with van der Waals surface area (Å²) < 4.78 is 1.02. The SMILES string of the molecule is Nc1ccc(Br)cc1N1CCCCO1. The lowest BCUT2D eigenvalue weighted by atomic mass is 10.2. The van der Waals surface area contributed by atoms with Crippen molar-refractivity contribution in [2.75, 3.05) is 23.9 Å². The van der Waals surface area contributed by atoms with Crippen molar-refractivity contribution >= 4 is 27.3 Å². The van der Waals surface area contributed by atoms with Gasteiger partial charge in [0.05, 0.1) is 18.0 Å². The molecular formula is C10H13BrN2O. The number of nitrogens with zero attached hydrogens (tertiary/aromatic N) is 1. The van der Waals surface area contributed by atoms with Crippen LogP contribution in [0.25, 0.3) is 0 Å². The van der Waals surface area contributed by atoms with Crippen molar-refractivity contribution in [1.29, 1.82) is 0 Å². The van der Waals surface area contributed by atoms with E-state index in [0.717, 1.165) is 41.8 Å². The van der Waals surface area contributed by atoms with Gasteiger partial charge < -0.3 is 5.73 Å². The maximum atomic E-state index is 5.88. The quantitative estimate of drug-likeness (QED) is 0.786. The summed E-state index contributed by atoms with van der Waals surface area (Å²) in [5.74, 6) is 0. The Morgan fingerprint density at radius 1 is 1.36 bits per heavy atom. The van der Waals surface area contributed by atoms with E-state index in [0.29, 0.717) is 0 Å². The van der Waals surface area contributed by atoms with Gasteiger partial charge in [0.15, 0.2) is 0 Å². The maximum Gasteiger partial charge on any atom is 0.0877 e. The van der Waals surface area contributed by atoms with E-state index in [2.05, 4.69) is 15.9 Å². The highest BCUT2D eigenvalue weighted by molar-refractivity contribution is 9.10. The number of benzene rings is 1. The Kier molecular flexibility index (Phi) is 2.93. The summed E-state index contributed by atoms with van der Waals surface area (Å²) in [5, 5.41) is 1.88. The third-order valence-electron chi connectivity index (χ3n) is 2.26. The minimum Gasteiger partial charge on any atom is -0.397 e. The first-order chi connectivity index (χ1) is 6.77. The van der Waals surface area contributed by atoms with Gasteiger partial charge >= 0.3 is 0 Å². The maximum absolute atomic E-state index is 5.88. The molecule has 1 fully saturated rings. The van der Waals surface area contributed by atoms with Crippen LogP contribution in [0.2, 0.25) is 0 Å². The van der Waals surface area contributed by atoms with Gasteiger partial charge in [0.25, 0.3) is 0 Å². The van der Waals surface area contributed by atoms with Crippen molar-refractivity contribution in [2.24, 2.45) is 0 Å². The van der Waals surface area contributed by atoms with Crippen molar-refractivity contribution in [1.82, 2.24) is 0 Å². The van der Waals surface area contributed by atoms with Crippen LogP contribution in [0.3, 0.4) is 0 Å². The van der Waals surface area contributed by atoms with Crippen LogP contribution in [-0.2, 0) is 4.84 Å². The Morgan fingerprint density at radius 2 is 2.21 bits per heavy atom. The Hall–Kier alpha value is -0.740. The fourth-order valence-corrected chi connectivity index (χ4v) is 1.87. The highest BCUT2D eigenvalue weighted by Crippen LogP contribution is 2.28. The molecule has 0 unspecified atom stereocenters. The standard InChI is InChI=1S/C10H13BrN2O/c11-8-3-4-9(12)10(7-8)13-5-1-2-6-14-13/h3-4,7H,1-2,5-6,12H2. The summed E-state index contributed by atoms with van der Waals surface area (Å²) in [5.41, 5.74) is 7.59. The van der Waals surface area contributed by atoms with Gasteiger partial charge in [-0.05, 0) is 31.0 Å². The van der Waals surface area contributed by atoms with Crippen molar-refractivity contribution in [2.45, 2.75) is 12.8 Å². The Morgan fingerprint density at radius 3 is 2.93 bits per heavy atom. The van der Waals surface area contributed by atoms with Gasteiger partial charge in [-0.2, -0.15) is 0 Å². The van der Waals surface area contributed by atoms with E-state index in [1.165, 1.54) is 0 Å². The molecule has 1 aromatic rings. The van der Waals surface area contributed by atoms with Gasteiger partial charge in [0.1, 0.15) is 0 Å². The molecule has 0 aromatic heterocycles. The first-order valence-corrected chi connectivity index (χ1v) is 5.52. The molecule has 2 N–H and O–H groups in total. The first kappa shape index (κ1) is 9.80. The molecule has 0 saturated carbocycles. The second kappa shape index (κ2) is 4.19. The number of nitrogen functional groups attached to an aromatic ring is 1. The molecule has 1 aliphatic heterocycles. The zero-order valence-electron chi connectivity index (χ0n) is 7.87. The molecule has 1 aromatic carbocycles. The third kappa shape index (κ3) is 2.01. The van der Waals surface area contributed by atoms with E-state index < -0.39 is 0 Å². The van der Waals surface area contributed by atoms with Gasteiger partial charge in [-0.1, -0.05) is 15.9 Å². The van der Waals surface area contributed by atoms with E-state index in [-0.39, 0.29) is 0 Å². The lowest BCUT2D eigenvalue weighted by Gasteiger charge is -2.28. The van der Waals surface area contributed by atoms with Crippen molar-refractivity contribution < 1.29 is 4.84 Å². The van der Waals surface area contributed by atoms with Gasteiger partial charge in [0.2, 0.25) is 0 Å². The molecule has 0 radical (unpaired) electrons. The fraction of sp³-hybridized carbons (Fsp3) is 0.400. The molecule has 0 amide bonds. The number of nitrogens with two attached hydrogens (primary N) is 1. The zero-order chi connectivity index (χ0) is 9.97. The van der Waals surface area contributed by atoms with E-state index in [4.69, 9.17) is 10.6 Å². The number of hydroxylamine groups is 1. The summed E-state index contributed by atoms with van der Waals surface area (Å²) in [6.07, 6.45) is 2.29. The molecule has 1 aliphatic rings. The third-order valence-corrected chi connectivity index (χ3v) is 2.76. The number of hydrogen-bond acceptors (Lipinski definition) is 3. The van der Waals surface area contributed by atoms with Crippen LogP contribution in [0.1, 0.15) is 12.8 Å². The Labute approximate surface area is 91.9 Å². The second-order valence-electron chi connectivity index (χ2n) is 3.35. The van der Waals surface area contributed by atoms with Crippen LogP contribution < -0.4 is 10.8 Å². The number of halogens is 1. The summed E-state index contributed by atoms with van der Waals surface area (Å²) in [6, 6.07) is 5.81. The summed E-state index contributed by atoms with van der Waals surface area (Å²) in [7, 11) is 0. The molecule has 14 heavy (non-hydrogen) atoms. The monoisotopic (exact) mass is 256 g/mol. The molecule has 0 aliphatic carbocycles. The Bertz CT molecular complexity index is 324. The molecule has 2 rings (SSSR count). The topological polar surface area (TPSA) is 38.5 Å². The minimum atomic E-state index is 0.759. The summed E-state index contributed by atoms with van der Waals surface area (Å²) >= 11 is 3.43. The molecular weight excluding hydrogens is 244 g/mol. The lowest BCUT2D eigenvalue weighted by Crippen LogP contribution is -2.30. The normalized spacial score (nSPS) is 17.1. The van der Waals surface area contributed by atoms with Crippen LogP contribution >= 0.6 is 15.9 Å². The number of hydrogen-bond donors (Lipinski definition) is 1. The molecule has 76 valence electrons.